The minimum Gasteiger partial charge on any atom is -0.346 e. The maximum Gasteiger partial charge on any atom is 0.320 e. The van der Waals surface area contributed by atoms with E-state index in [4.69, 9.17) is 0 Å². The van der Waals surface area contributed by atoms with Gasteiger partial charge in [-0.2, -0.15) is 10.3 Å². The van der Waals surface area contributed by atoms with E-state index in [1.54, 1.807) is 12.1 Å². The van der Waals surface area contributed by atoms with Gasteiger partial charge >= 0.3 is 5.56 Å². The highest BCUT2D eigenvalue weighted by molar-refractivity contribution is 9.10. The van der Waals surface area contributed by atoms with Crippen LogP contribution in [0.2, 0.25) is 0 Å². The molecule has 7 nitrogen and oxygen atoms in total. The van der Waals surface area contributed by atoms with Gasteiger partial charge in [0.25, 0.3) is 5.91 Å². The quantitative estimate of drug-likeness (QED) is 0.623. The van der Waals surface area contributed by atoms with E-state index in [-0.39, 0.29) is 18.1 Å². The maximum absolute atomic E-state index is 12.9. The van der Waals surface area contributed by atoms with Crippen molar-refractivity contribution in [3.63, 3.8) is 0 Å². The van der Waals surface area contributed by atoms with E-state index in [2.05, 4.69) is 36.7 Å². The first-order chi connectivity index (χ1) is 12.5. The first-order valence-electron chi connectivity index (χ1n) is 7.53. The van der Waals surface area contributed by atoms with E-state index in [0.29, 0.717) is 5.56 Å². The number of nitrogens with zero attached hydrogens (tertiary/aromatic N) is 3. The molecule has 1 heterocycles. The van der Waals surface area contributed by atoms with Crippen LogP contribution in [0.15, 0.2) is 62.9 Å². The van der Waals surface area contributed by atoms with E-state index in [0.717, 1.165) is 14.8 Å². The molecule has 9 heteroatoms. The van der Waals surface area contributed by atoms with Crippen LogP contribution in [0.25, 0.3) is 0 Å². The van der Waals surface area contributed by atoms with E-state index >= 15 is 0 Å². The molecule has 0 saturated heterocycles. The van der Waals surface area contributed by atoms with Crippen molar-refractivity contribution in [3.8, 4) is 0 Å². The Balaban J connectivity index is 1.67. The number of carbonyl (C=O) groups excluding carboxylic acids is 1. The Labute approximate surface area is 155 Å². The van der Waals surface area contributed by atoms with Crippen LogP contribution in [0.3, 0.4) is 0 Å². The predicted molar refractivity (Wildman–Crippen MR) is 97.6 cm³/mol. The molecule has 132 valence electrons. The molecule has 1 amide bonds. The number of benzene rings is 2. The predicted octanol–water partition coefficient (Wildman–Crippen LogP) is 2.29. The normalized spacial score (nSPS) is 11.0. The average molecular weight is 418 g/mol. The van der Waals surface area contributed by atoms with Gasteiger partial charge in [-0.25, -0.2) is 4.39 Å². The SMILES string of the molecule is O=C(NCc1ccc(F)cc1)c1n[nH]n(N=Cc2ccc(Br)cc2)c1=O. The number of aromatic nitrogens is 3. The largest absolute Gasteiger partial charge is 0.346 e. The van der Waals surface area contributed by atoms with Gasteiger partial charge in [-0.15, -0.1) is 9.89 Å². The van der Waals surface area contributed by atoms with Crippen LogP contribution in [-0.2, 0) is 6.54 Å². The molecule has 0 atom stereocenters. The van der Waals surface area contributed by atoms with Gasteiger partial charge in [0.2, 0.25) is 5.69 Å². The summed E-state index contributed by atoms with van der Waals surface area (Å²) in [5.41, 5.74) is 0.496. The third-order valence-corrected chi connectivity index (χ3v) is 3.95. The molecule has 0 spiro atoms. The third kappa shape index (κ3) is 4.31. The summed E-state index contributed by atoms with van der Waals surface area (Å²) >= 11 is 3.33. The van der Waals surface area contributed by atoms with E-state index in [9.17, 15) is 14.0 Å². The first-order valence-corrected chi connectivity index (χ1v) is 8.32. The lowest BCUT2D eigenvalue weighted by atomic mass is 10.2. The number of aromatic amines is 1. The highest BCUT2D eigenvalue weighted by Crippen LogP contribution is 2.09. The summed E-state index contributed by atoms with van der Waals surface area (Å²) in [5.74, 6) is -1.01. The van der Waals surface area contributed by atoms with Crippen molar-refractivity contribution in [2.24, 2.45) is 5.10 Å². The topological polar surface area (TPSA) is 92.1 Å². The van der Waals surface area contributed by atoms with Crippen molar-refractivity contribution >= 4 is 28.1 Å². The average Bonchev–Trinajstić information content (AvgIpc) is 3.01. The fourth-order valence-corrected chi connectivity index (χ4v) is 2.32. The Hall–Kier alpha value is -3.07. The number of amides is 1. The molecule has 3 rings (SSSR count). The zero-order chi connectivity index (χ0) is 18.5. The van der Waals surface area contributed by atoms with Crippen LogP contribution >= 0.6 is 15.9 Å². The molecule has 0 unspecified atom stereocenters. The molecule has 0 fully saturated rings. The van der Waals surface area contributed by atoms with Crippen molar-refractivity contribution in [2.45, 2.75) is 6.54 Å². The zero-order valence-electron chi connectivity index (χ0n) is 13.3. The molecular weight excluding hydrogens is 405 g/mol. The lowest BCUT2D eigenvalue weighted by Crippen LogP contribution is -2.29. The molecule has 3 aromatic rings. The molecule has 0 aliphatic rings. The Morgan fingerprint density at radius 1 is 1.23 bits per heavy atom. The number of halogens is 2. The summed E-state index contributed by atoms with van der Waals surface area (Å²) in [6.07, 6.45) is 1.46. The van der Waals surface area contributed by atoms with Gasteiger partial charge in [-0.05, 0) is 35.4 Å². The van der Waals surface area contributed by atoms with Crippen molar-refractivity contribution in [1.82, 2.24) is 20.4 Å². The number of rotatable bonds is 5. The van der Waals surface area contributed by atoms with Crippen LogP contribution < -0.4 is 10.9 Å². The standard InChI is InChI=1S/C17H13BrFN5O2/c18-13-5-1-12(2-6-13)10-21-24-17(26)15(22-23-24)16(25)20-9-11-3-7-14(19)8-4-11/h1-8,10,23H,9H2,(H,20,25). The molecule has 0 saturated carbocycles. The van der Waals surface area contributed by atoms with Crippen molar-refractivity contribution in [3.05, 3.63) is 86.0 Å². The second-order valence-corrected chi connectivity index (χ2v) is 6.20. The Morgan fingerprint density at radius 2 is 1.92 bits per heavy atom. The smallest absolute Gasteiger partial charge is 0.320 e. The van der Waals surface area contributed by atoms with Crippen molar-refractivity contribution < 1.29 is 9.18 Å². The van der Waals surface area contributed by atoms with E-state index in [1.165, 1.54) is 18.3 Å². The van der Waals surface area contributed by atoms with E-state index in [1.807, 2.05) is 24.3 Å². The summed E-state index contributed by atoms with van der Waals surface area (Å²) in [5, 5.41) is 12.6. The summed E-state index contributed by atoms with van der Waals surface area (Å²) < 4.78 is 13.8. The Bertz CT molecular complexity index is 993. The minimum atomic E-state index is -0.671. The second kappa shape index (κ2) is 7.87. The van der Waals surface area contributed by atoms with Crippen molar-refractivity contribution in [1.29, 1.82) is 0 Å². The maximum atomic E-state index is 12.9. The number of carbonyl (C=O) groups is 1. The van der Waals surface area contributed by atoms with Crippen molar-refractivity contribution in [2.75, 3.05) is 0 Å². The minimum absolute atomic E-state index is 0.146. The molecule has 2 aromatic carbocycles. The number of hydrogen-bond donors (Lipinski definition) is 2. The lowest BCUT2D eigenvalue weighted by molar-refractivity contribution is 0.0944. The van der Waals surface area contributed by atoms with Crippen LogP contribution in [0.4, 0.5) is 4.39 Å². The molecule has 26 heavy (non-hydrogen) atoms. The highest BCUT2D eigenvalue weighted by atomic mass is 79.9. The molecular formula is C17H13BrFN5O2. The van der Waals surface area contributed by atoms with Gasteiger partial charge < -0.3 is 5.32 Å². The van der Waals surface area contributed by atoms with Gasteiger partial charge in [-0.3, -0.25) is 9.59 Å². The third-order valence-electron chi connectivity index (χ3n) is 3.43. The second-order valence-electron chi connectivity index (χ2n) is 5.28. The Kier molecular flexibility index (Phi) is 5.37. The molecule has 1 aromatic heterocycles. The number of nitrogens with one attached hydrogen (secondary N) is 2. The molecule has 0 bridgehead atoms. The molecule has 0 aliphatic heterocycles. The summed E-state index contributed by atoms with van der Waals surface area (Å²) in [6.45, 7) is 0.146. The van der Waals surface area contributed by atoms with Gasteiger partial charge in [-0.1, -0.05) is 40.2 Å². The van der Waals surface area contributed by atoms with Crippen LogP contribution in [0.1, 0.15) is 21.6 Å². The van der Waals surface area contributed by atoms with E-state index < -0.39 is 11.5 Å². The molecule has 2 N–H and O–H groups in total. The molecule has 0 radical (unpaired) electrons. The van der Waals surface area contributed by atoms with Crippen LogP contribution in [0.5, 0.6) is 0 Å². The van der Waals surface area contributed by atoms with Gasteiger partial charge in [0.05, 0.1) is 6.21 Å². The summed E-state index contributed by atoms with van der Waals surface area (Å²) in [7, 11) is 0. The first kappa shape index (κ1) is 17.7. The molecule has 0 aliphatic carbocycles. The number of H-pyrrole nitrogens is 1. The fourth-order valence-electron chi connectivity index (χ4n) is 2.06. The lowest BCUT2D eigenvalue weighted by Gasteiger charge is -2.02. The number of hydrogen-bond acceptors (Lipinski definition) is 4. The van der Waals surface area contributed by atoms with Crippen LogP contribution in [0, 0.1) is 5.82 Å². The zero-order valence-corrected chi connectivity index (χ0v) is 14.9. The van der Waals surface area contributed by atoms with Gasteiger partial charge in [0.1, 0.15) is 5.82 Å². The van der Waals surface area contributed by atoms with Gasteiger partial charge in [0, 0.05) is 11.0 Å². The van der Waals surface area contributed by atoms with Gasteiger partial charge in [0.15, 0.2) is 0 Å². The monoisotopic (exact) mass is 417 g/mol. The fraction of sp³-hybridized carbons (Fsp3) is 0.0588. The highest BCUT2D eigenvalue weighted by Gasteiger charge is 2.16. The Morgan fingerprint density at radius 3 is 2.62 bits per heavy atom. The summed E-state index contributed by atoms with van der Waals surface area (Å²) in [4.78, 5) is 25.1. The summed E-state index contributed by atoms with van der Waals surface area (Å²) in [6, 6.07) is 13.0. The van der Waals surface area contributed by atoms with Crippen LogP contribution in [-0.4, -0.2) is 27.2 Å².